The molecule has 0 heterocycles. The van der Waals surface area contributed by atoms with Crippen molar-refractivity contribution in [1.82, 2.24) is 0 Å². The fraction of sp³-hybridized carbons (Fsp3) is 0.857. The Kier molecular flexibility index (Phi) is 11.5. The number of allylic oxidation sites excluding steroid dienone is 1. The van der Waals surface area contributed by atoms with Crippen molar-refractivity contribution in [3.8, 4) is 0 Å². The molecule has 0 saturated heterocycles. The fourth-order valence-electron chi connectivity index (χ4n) is 1.73. The molecule has 0 unspecified atom stereocenters. The van der Waals surface area contributed by atoms with Gasteiger partial charge in [-0.15, -0.1) is 0 Å². The Hall–Kier alpha value is -0.300. The molecule has 0 aliphatic heterocycles. The molecular formula is C14H28O. The van der Waals surface area contributed by atoms with E-state index < -0.39 is 0 Å². The van der Waals surface area contributed by atoms with E-state index in [1.54, 1.807) is 0 Å². The first kappa shape index (κ1) is 14.7. The lowest BCUT2D eigenvalue weighted by molar-refractivity contribution is 0.324. The molecule has 0 bridgehead atoms. The second-order valence-electron chi connectivity index (χ2n) is 4.33. The van der Waals surface area contributed by atoms with Gasteiger partial charge in [-0.1, -0.05) is 58.4 Å². The number of hydrogen-bond acceptors (Lipinski definition) is 1. The molecule has 0 radical (unpaired) electrons. The zero-order valence-electron chi connectivity index (χ0n) is 10.6. The summed E-state index contributed by atoms with van der Waals surface area (Å²) in [6.07, 6.45) is 13.6. The van der Waals surface area contributed by atoms with Crippen LogP contribution >= 0.6 is 0 Å². The molecule has 1 N–H and O–H groups in total. The molecule has 0 aromatic carbocycles. The van der Waals surface area contributed by atoms with E-state index in [2.05, 4.69) is 19.9 Å². The van der Waals surface area contributed by atoms with Gasteiger partial charge in [0.15, 0.2) is 0 Å². The normalized spacial score (nSPS) is 12.1. The van der Waals surface area contributed by atoms with Gasteiger partial charge in [0.05, 0.1) is 6.61 Å². The van der Waals surface area contributed by atoms with Crippen LogP contribution in [-0.2, 0) is 0 Å². The predicted molar refractivity (Wildman–Crippen MR) is 68.1 cm³/mol. The van der Waals surface area contributed by atoms with Gasteiger partial charge in [-0.25, -0.2) is 0 Å². The van der Waals surface area contributed by atoms with Gasteiger partial charge in [0.1, 0.15) is 0 Å². The minimum atomic E-state index is 0.259. The summed E-state index contributed by atoms with van der Waals surface area (Å²) in [6, 6.07) is 0. The standard InChI is InChI=1S/C14H28O/c1-3-5-7-8-9-10-12-14(13-15)11-6-4-2/h11,15H,3-10,12-13H2,1-2H3/b14-11-. The average Bonchev–Trinajstić information content (AvgIpc) is 2.27. The first-order chi connectivity index (χ1) is 7.35. The maximum Gasteiger partial charge on any atom is 0.0641 e. The summed E-state index contributed by atoms with van der Waals surface area (Å²) in [5, 5.41) is 9.13. The van der Waals surface area contributed by atoms with Crippen molar-refractivity contribution in [3.63, 3.8) is 0 Å². The predicted octanol–water partition coefficient (Wildman–Crippen LogP) is 4.46. The van der Waals surface area contributed by atoms with Crippen molar-refractivity contribution < 1.29 is 5.11 Å². The van der Waals surface area contributed by atoms with Crippen molar-refractivity contribution in [2.75, 3.05) is 6.61 Å². The highest BCUT2D eigenvalue weighted by atomic mass is 16.3. The van der Waals surface area contributed by atoms with E-state index in [1.807, 2.05) is 0 Å². The monoisotopic (exact) mass is 212 g/mol. The van der Waals surface area contributed by atoms with Gasteiger partial charge < -0.3 is 5.11 Å². The lowest BCUT2D eigenvalue weighted by Crippen LogP contribution is -1.91. The molecule has 0 spiro atoms. The smallest absolute Gasteiger partial charge is 0.0641 e. The van der Waals surface area contributed by atoms with E-state index in [0.717, 1.165) is 12.8 Å². The molecule has 0 aliphatic rings. The summed E-state index contributed by atoms with van der Waals surface area (Å²) in [6.45, 7) is 4.68. The van der Waals surface area contributed by atoms with Crippen LogP contribution in [0.1, 0.15) is 71.6 Å². The SMILES string of the molecule is CCC/C=C(\CO)CCCCCCCC. The van der Waals surface area contributed by atoms with Gasteiger partial charge in [-0.05, 0) is 24.8 Å². The first-order valence-electron chi connectivity index (χ1n) is 6.63. The third kappa shape index (κ3) is 9.99. The molecule has 1 nitrogen and oxygen atoms in total. The van der Waals surface area contributed by atoms with Crippen LogP contribution in [0.2, 0.25) is 0 Å². The Balaban J connectivity index is 3.38. The fourth-order valence-corrected chi connectivity index (χ4v) is 1.73. The van der Waals surface area contributed by atoms with E-state index in [9.17, 15) is 0 Å². The topological polar surface area (TPSA) is 20.2 Å². The molecule has 0 aliphatic carbocycles. The Labute approximate surface area is 95.6 Å². The Bertz CT molecular complexity index is 149. The van der Waals surface area contributed by atoms with E-state index in [1.165, 1.54) is 50.5 Å². The first-order valence-corrected chi connectivity index (χ1v) is 6.63. The maximum absolute atomic E-state index is 9.13. The number of aliphatic hydroxyl groups is 1. The quantitative estimate of drug-likeness (QED) is 0.419. The molecule has 15 heavy (non-hydrogen) atoms. The summed E-state index contributed by atoms with van der Waals surface area (Å²) in [7, 11) is 0. The van der Waals surface area contributed by atoms with Crippen LogP contribution < -0.4 is 0 Å². The van der Waals surface area contributed by atoms with Crippen LogP contribution in [0.4, 0.5) is 0 Å². The van der Waals surface area contributed by atoms with Gasteiger partial charge in [-0.3, -0.25) is 0 Å². The van der Waals surface area contributed by atoms with E-state index >= 15 is 0 Å². The van der Waals surface area contributed by atoms with Gasteiger partial charge in [-0.2, -0.15) is 0 Å². The Morgan fingerprint density at radius 1 is 0.933 bits per heavy atom. The van der Waals surface area contributed by atoms with Crippen molar-refractivity contribution in [2.45, 2.75) is 71.6 Å². The Morgan fingerprint density at radius 2 is 1.60 bits per heavy atom. The second-order valence-corrected chi connectivity index (χ2v) is 4.33. The third-order valence-electron chi connectivity index (χ3n) is 2.78. The highest BCUT2D eigenvalue weighted by Crippen LogP contribution is 2.12. The highest BCUT2D eigenvalue weighted by molar-refractivity contribution is 5.01. The van der Waals surface area contributed by atoms with E-state index in [-0.39, 0.29) is 6.61 Å². The number of aliphatic hydroxyl groups excluding tert-OH is 1. The molecule has 1 heteroatoms. The molecular weight excluding hydrogens is 184 g/mol. The molecule has 0 atom stereocenters. The lowest BCUT2D eigenvalue weighted by Gasteiger charge is -2.04. The van der Waals surface area contributed by atoms with Gasteiger partial charge >= 0.3 is 0 Å². The lowest BCUT2D eigenvalue weighted by atomic mass is 10.0. The maximum atomic E-state index is 9.13. The van der Waals surface area contributed by atoms with Crippen LogP contribution in [0.3, 0.4) is 0 Å². The second kappa shape index (κ2) is 11.8. The molecule has 90 valence electrons. The van der Waals surface area contributed by atoms with Crippen LogP contribution in [0.25, 0.3) is 0 Å². The van der Waals surface area contributed by atoms with Gasteiger partial charge in [0.25, 0.3) is 0 Å². The van der Waals surface area contributed by atoms with Crippen molar-refractivity contribution in [3.05, 3.63) is 11.6 Å². The zero-order valence-corrected chi connectivity index (χ0v) is 10.6. The largest absolute Gasteiger partial charge is 0.392 e. The summed E-state index contributed by atoms with van der Waals surface area (Å²) < 4.78 is 0. The zero-order chi connectivity index (χ0) is 11.4. The van der Waals surface area contributed by atoms with Crippen molar-refractivity contribution in [1.29, 1.82) is 0 Å². The number of unbranched alkanes of at least 4 members (excludes halogenated alkanes) is 6. The molecule has 0 saturated carbocycles. The van der Waals surface area contributed by atoms with Crippen molar-refractivity contribution in [2.24, 2.45) is 0 Å². The third-order valence-corrected chi connectivity index (χ3v) is 2.78. The molecule has 0 amide bonds. The van der Waals surface area contributed by atoms with E-state index in [0.29, 0.717) is 0 Å². The van der Waals surface area contributed by atoms with Crippen LogP contribution in [0, 0.1) is 0 Å². The number of rotatable bonds is 10. The van der Waals surface area contributed by atoms with E-state index in [4.69, 9.17) is 5.11 Å². The van der Waals surface area contributed by atoms with Gasteiger partial charge in [0, 0.05) is 0 Å². The van der Waals surface area contributed by atoms with Crippen LogP contribution in [-0.4, -0.2) is 11.7 Å². The minimum Gasteiger partial charge on any atom is -0.392 e. The molecule has 0 aromatic heterocycles. The highest BCUT2D eigenvalue weighted by Gasteiger charge is 1.95. The summed E-state index contributed by atoms with van der Waals surface area (Å²) in [5.74, 6) is 0. The average molecular weight is 212 g/mol. The van der Waals surface area contributed by atoms with Crippen LogP contribution in [0.15, 0.2) is 11.6 Å². The molecule has 0 rings (SSSR count). The van der Waals surface area contributed by atoms with Crippen molar-refractivity contribution >= 4 is 0 Å². The number of hydrogen-bond donors (Lipinski definition) is 1. The summed E-state index contributed by atoms with van der Waals surface area (Å²) >= 11 is 0. The Morgan fingerprint density at radius 3 is 2.20 bits per heavy atom. The minimum absolute atomic E-state index is 0.259. The van der Waals surface area contributed by atoms with Gasteiger partial charge in [0.2, 0.25) is 0 Å². The van der Waals surface area contributed by atoms with Crippen LogP contribution in [0.5, 0.6) is 0 Å². The molecule has 0 aromatic rings. The summed E-state index contributed by atoms with van der Waals surface area (Å²) in [4.78, 5) is 0. The molecule has 0 fully saturated rings. The summed E-state index contributed by atoms with van der Waals surface area (Å²) in [5.41, 5.74) is 1.24.